The van der Waals surface area contributed by atoms with Crippen molar-refractivity contribution in [1.29, 1.82) is 0 Å². The Bertz CT molecular complexity index is 490. The van der Waals surface area contributed by atoms with Crippen LogP contribution in [0.3, 0.4) is 0 Å². The zero-order chi connectivity index (χ0) is 13.7. The fourth-order valence-electron chi connectivity index (χ4n) is 2.35. The van der Waals surface area contributed by atoms with Crippen LogP contribution >= 0.6 is 11.3 Å². The first-order chi connectivity index (χ1) is 9.19. The number of nitrogens with zero attached hydrogens (tertiary/aromatic N) is 2. The van der Waals surface area contributed by atoms with Gasteiger partial charge in [-0.1, -0.05) is 6.07 Å². The molecule has 0 saturated carbocycles. The molecule has 0 aliphatic carbocycles. The monoisotopic (exact) mass is 278 g/mol. The zero-order valence-electron chi connectivity index (χ0n) is 11.7. The van der Waals surface area contributed by atoms with Crippen LogP contribution in [0.1, 0.15) is 36.0 Å². The van der Waals surface area contributed by atoms with Gasteiger partial charge in [-0.3, -0.25) is 4.68 Å². The SMILES string of the molecule is CCn1nc(C)cc1CC(O)CCCc1cccs1. The van der Waals surface area contributed by atoms with Gasteiger partial charge in [0.2, 0.25) is 0 Å². The van der Waals surface area contributed by atoms with Crippen LogP contribution in [0, 0.1) is 6.92 Å². The Hall–Kier alpha value is -1.13. The fourth-order valence-corrected chi connectivity index (χ4v) is 3.10. The van der Waals surface area contributed by atoms with Crippen molar-refractivity contribution in [2.24, 2.45) is 0 Å². The van der Waals surface area contributed by atoms with E-state index >= 15 is 0 Å². The number of hydrogen-bond donors (Lipinski definition) is 1. The third-order valence-electron chi connectivity index (χ3n) is 3.27. The Balaban J connectivity index is 1.78. The number of aryl methyl sites for hydroxylation is 3. The van der Waals surface area contributed by atoms with Crippen molar-refractivity contribution in [3.63, 3.8) is 0 Å². The van der Waals surface area contributed by atoms with Gasteiger partial charge in [-0.15, -0.1) is 11.3 Å². The Morgan fingerprint density at radius 1 is 1.47 bits per heavy atom. The zero-order valence-corrected chi connectivity index (χ0v) is 12.5. The summed E-state index contributed by atoms with van der Waals surface area (Å²) in [5, 5.41) is 16.6. The molecule has 2 rings (SSSR count). The molecule has 0 bridgehead atoms. The molecule has 2 aromatic heterocycles. The number of aliphatic hydroxyl groups excluding tert-OH is 1. The minimum Gasteiger partial charge on any atom is -0.393 e. The van der Waals surface area contributed by atoms with Crippen LogP contribution in [-0.4, -0.2) is 21.0 Å². The number of thiophene rings is 1. The second-order valence-electron chi connectivity index (χ2n) is 4.92. The summed E-state index contributed by atoms with van der Waals surface area (Å²) in [5.41, 5.74) is 2.17. The summed E-state index contributed by atoms with van der Waals surface area (Å²) >= 11 is 1.79. The van der Waals surface area contributed by atoms with Crippen molar-refractivity contribution in [3.8, 4) is 0 Å². The van der Waals surface area contributed by atoms with Crippen molar-refractivity contribution in [1.82, 2.24) is 9.78 Å². The standard InChI is InChI=1S/C15H22N2OS/c1-3-17-13(10-12(2)16-17)11-14(18)6-4-7-15-8-5-9-19-15/h5,8-10,14,18H,3-4,6-7,11H2,1-2H3. The predicted molar refractivity (Wildman–Crippen MR) is 79.6 cm³/mol. The summed E-state index contributed by atoms with van der Waals surface area (Å²) in [4.78, 5) is 1.40. The largest absolute Gasteiger partial charge is 0.393 e. The second-order valence-corrected chi connectivity index (χ2v) is 5.95. The highest BCUT2D eigenvalue weighted by Gasteiger charge is 2.10. The van der Waals surface area contributed by atoms with E-state index in [1.54, 1.807) is 11.3 Å². The topological polar surface area (TPSA) is 38.0 Å². The number of rotatable bonds is 7. The first-order valence-corrected chi connectivity index (χ1v) is 7.80. The molecule has 19 heavy (non-hydrogen) atoms. The lowest BCUT2D eigenvalue weighted by Crippen LogP contribution is -2.14. The Labute approximate surface area is 118 Å². The van der Waals surface area contributed by atoms with Gasteiger partial charge in [0.1, 0.15) is 0 Å². The van der Waals surface area contributed by atoms with Gasteiger partial charge in [0.05, 0.1) is 11.8 Å². The maximum Gasteiger partial charge on any atom is 0.0596 e. The molecule has 0 radical (unpaired) electrons. The van der Waals surface area contributed by atoms with Gasteiger partial charge < -0.3 is 5.11 Å². The van der Waals surface area contributed by atoms with Gasteiger partial charge in [-0.2, -0.15) is 5.10 Å². The van der Waals surface area contributed by atoms with Gasteiger partial charge in [0.25, 0.3) is 0 Å². The Kier molecular flexibility index (Phi) is 5.16. The molecule has 3 nitrogen and oxygen atoms in total. The van der Waals surface area contributed by atoms with Gasteiger partial charge >= 0.3 is 0 Å². The highest BCUT2D eigenvalue weighted by molar-refractivity contribution is 7.09. The molecular formula is C15H22N2OS. The van der Waals surface area contributed by atoms with Crippen LogP contribution in [-0.2, 0) is 19.4 Å². The molecule has 0 saturated heterocycles. The summed E-state index contributed by atoms with van der Waals surface area (Å²) in [7, 11) is 0. The molecule has 0 fully saturated rings. The molecule has 0 aliphatic heterocycles. The summed E-state index contributed by atoms with van der Waals surface area (Å²) in [6.45, 7) is 4.95. The molecule has 1 atom stereocenters. The number of aliphatic hydroxyl groups is 1. The van der Waals surface area contributed by atoms with Crippen molar-refractivity contribution in [3.05, 3.63) is 39.8 Å². The van der Waals surface area contributed by atoms with E-state index in [0.717, 1.165) is 37.2 Å². The van der Waals surface area contributed by atoms with Crippen molar-refractivity contribution < 1.29 is 5.11 Å². The normalized spacial score (nSPS) is 12.8. The first-order valence-electron chi connectivity index (χ1n) is 6.92. The molecule has 2 aromatic rings. The van der Waals surface area contributed by atoms with Crippen molar-refractivity contribution in [2.75, 3.05) is 0 Å². The van der Waals surface area contributed by atoms with Crippen LogP contribution < -0.4 is 0 Å². The number of aromatic nitrogens is 2. The molecule has 4 heteroatoms. The molecule has 1 N–H and O–H groups in total. The predicted octanol–water partition coefficient (Wildman–Crippen LogP) is 3.20. The lowest BCUT2D eigenvalue weighted by atomic mass is 10.1. The highest BCUT2D eigenvalue weighted by atomic mass is 32.1. The lowest BCUT2D eigenvalue weighted by molar-refractivity contribution is 0.159. The van der Waals surface area contributed by atoms with E-state index in [4.69, 9.17) is 0 Å². The quantitative estimate of drug-likeness (QED) is 0.844. The van der Waals surface area contributed by atoms with E-state index in [1.165, 1.54) is 4.88 Å². The molecule has 1 unspecified atom stereocenters. The average Bonchev–Trinajstić information content (AvgIpc) is 2.99. The molecule has 0 aliphatic rings. The summed E-state index contributed by atoms with van der Waals surface area (Å²) < 4.78 is 1.98. The summed E-state index contributed by atoms with van der Waals surface area (Å²) in [6, 6.07) is 6.32. The van der Waals surface area contributed by atoms with E-state index in [9.17, 15) is 5.11 Å². The minimum atomic E-state index is -0.263. The highest BCUT2D eigenvalue weighted by Crippen LogP contribution is 2.15. The van der Waals surface area contributed by atoms with Crippen LogP contribution in [0.2, 0.25) is 0 Å². The molecule has 0 amide bonds. The minimum absolute atomic E-state index is 0.263. The Morgan fingerprint density at radius 3 is 3.00 bits per heavy atom. The van der Waals surface area contributed by atoms with E-state index in [1.807, 2.05) is 11.6 Å². The number of hydrogen-bond acceptors (Lipinski definition) is 3. The van der Waals surface area contributed by atoms with Gasteiger partial charge in [0.15, 0.2) is 0 Å². The smallest absolute Gasteiger partial charge is 0.0596 e. The van der Waals surface area contributed by atoms with E-state index < -0.39 is 0 Å². The maximum absolute atomic E-state index is 10.1. The van der Waals surface area contributed by atoms with Gasteiger partial charge in [-0.25, -0.2) is 0 Å². The lowest BCUT2D eigenvalue weighted by Gasteiger charge is -2.11. The first kappa shape index (κ1) is 14.3. The van der Waals surface area contributed by atoms with E-state index in [0.29, 0.717) is 6.42 Å². The second kappa shape index (κ2) is 6.87. The molecule has 0 aromatic carbocycles. The van der Waals surface area contributed by atoms with Crippen molar-refractivity contribution in [2.45, 2.75) is 52.2 Å². The van der Waals surface area contributed by atoms with Gasteiger partial charge in [-0.05, 0) is 50.6 Å². The van der Waals surface area contributed by atoms with Gasteiger partial charge in [0, 0.05) is 23.5 Å². The molecule has 0 spiro atoms. The third-order valence-corrected chi connectivity index (χ3v) is 4.21. The van der Waals surface area contributed by atoms with Crippen LogP contribution in [0.25, 0.3) is 0 Å². The maximum atomic E-state index is 10.1. The fraction of sp³-hybridized carbons (Fsp3) is 0.533. The molecule has 2 heterocycles. The van der Waals surface area contributed by atoms with Crippen LogP contribution in [0.5, 0.6) is 0 Å². The molecule has 104 valence electrons. The van der Waals surface area contributed by atoms with E-state index in [2.05, 4.69) is 35.6 Å². The Morgan fingerprint density at radius 2 is 2.32 bits per heavy atom. The van der Waals surface area contributed by atoms with Crippen LogP contribution in [0.4, 0.5) is 0 Å². The average molecular weight is 278 g/mol. The third kappa shape index (κ3) is 4.18. The van der Waals surface area contributed by atoms with Crippen LogP contribution in [0.15, 0.2) is 23.6 Å². The summed E-state index contributed by atoms with van der Waals surface area (Å²) in [6.07, 6.45) is 3.41. The van der Waals surface area contributed by atoms with Crippen molar-refractivity contribution >= 4 is 11.3 Å². The van der Waals surface area contributed by atoms with E-state index in [-0.39, 0.29) is 6.10 Å². The molecular weight excluding hydrogens is 256 g/mol. The summed E-state index contributed by atoms with van der Waals surface area (Å²) in [5.74, 6) is 0.